The van der Waals surface area contributed by atoms with Crippen LogP contribution in [0.2, 0.25) is 0 Å². The standard InChI is InChI=1S/C11H9N3O2S/c1-2-16-11(15)9(14-12)10-13-7-5-3-4-6-8(7)17-10/h3-6H,2H2,1H3. The van der Waals surface area contributed by atoms with Gasteiger partial charge in [0.25, 0.3) is 0 Å². The number of benzene rings is 1. The van der Waals surface area contributed by atoms with Crippen molar-refractivity contribution in [3.63, 3.8) is 0 Å². The Bertz CT molecular complexity index is 581. The highest BCUT2D eigenvalue weighted by molar-refractivity contribution is 7.20. The second kappa shape index (κ2) is 4.86. The molecule has 0 spiro atoms. The number of nitrogens with zero attached hydrogens (tertiary/aromatic N) is 3. The summed E-state index contributed by atoms with van der Waals surface area (Å²) in [6.45, 7) is 1.91. The van der Waals surface area contributed by atoms with E-state index in [0.717, 1.165) is 10.2 Å². The van der Waals surface area contributed by atoms with Gasteiger partial charge in [0.2, 0.25) is 5.01 Å². The van der Waals surface area contributed by atoms with E-state index >= 15 is 0 Å². The van der Waals surface area contributed by atoms with Crippen LogP contribution < -0.4 is 0 Å². The van der Waals surface area contributed by atoms with Crippen LogP contribution >= 0.6 is 11.3 Å². The molecule has 0 radical (unpaired) electrons. The largest absolute Gasteiger partial charge is 0.457 e. The smallest absolute Gasteiger partial charge is 0.434 e. The zero-order chi connectivity index (χ0) is 12.3. The van der Waals surface area contributed by atoms with Crippen LogP contribution in [0.25, 0.3) is 15.7 Å². The van der Waals surface area contributed by atoms with Gasteiger partial charge in [-0.15, -0.1) is 11.3 Å². The molecule has 2 rings (SSSR count). The number of ether oxygens (including phenoxy) is 1. The minimum absolute atomic E-state index is 0.159. The van der Waals surface area contributed by atoms with E-state index in [1.807, 2.05) is 24.3 Å². The Labute approximate surface area is 101 Å². The van der Waals surface area contributed by atoms with Gasteiger partial charge >= 0.3 is 11.7 Å². The maximum Gasteiger partial charge on any atom is 0.434 e. The summed E-state index contributed by atoms with van der Waals surface area (Å²) in [6.07, 6.45) is 0. The van der Waals surface area contributed by atoms with Crippen molar-refractivity contribution in [2.24, 2.45) is 0 Å². The lowest BCUT2D eigenvalue weighted by atomic mass is 10.3. The highest BCUT2D eigenvalue weighted by atomic mass is 32.1. The van der Waals surface area contributed by atoms with E-state index in [9.17, 15) is 4.79 Å². The second-order valence-corrected chi connectivity index (χ2v) is 4.19. The predicted octanol–water partition coefficient (Wildman–Crippen LogP) is 1.88. The highest BCUT2D eigenvalue weighted by Gasteiger charge is 2.28. The molecule has 2 aromatic rings. The van der Waals surface area contributed by atoms with Crippen LogP contribution in [0.3, 0.4) is 0 Å². The first kappa shape index (κ1) is 11.4. The van der Waals surface area contributed by atoms with Crippen LogP contribution in [-0.2, 0) is 9.53 Å². The molecule has 0 saturated carbocycles. The topological polar surface area (TPSA) is 75.6 Å². The number of aromatic nitrogens is 1. The van der Waals surface area contributed by atoms with Crippen molar-refractivity contribution in [2.75, 3.05) is 6.61 Å². The van der Waals surface area contributed by atoms with Crippen LogP contribution in [0, 0.1) is 0 Å². The molecule has 0 aliphatic heterocycles. The number of rotatable bonds is 3. The SMILES string of the molecule is CCOC(=O)C(=[N+]=[N-])c1nc2ccccc2s1. The van der Waals surface area contributed by atoms with E-state index in [0.29, 0.717) is 5.01 Å². The molecule has 1 heterocycles. The molecule has 1 aromatic heterocycles. The monoisotopic (exact) mass is 247 g/mol. The molecule has 17 heavy (non-hydrogen) atoms. The van der Waals surface area contributed by atoms with E-state index in [2.05, 4.69) is 9.77 Å². The first-order valence-corrected chi connectivity index (χ1v) is 5.83. The summed E-state index contributed by atoms with van der Waals surface area (Å²) in [4.78, 5) is 18.7. The maximum absolute atomic E-state index is 11.5. The zero-order valence-electron chi connectivity index (χ0n) is 9.08. The summed E-state index contributed by atoms with van der Waals surface area (Å²) >= 11 is 1.28. The number of thiazole rings is 1. The van der Waals surface area contributed by atoms with Crippen LogP contribution in [0.4, 0.5) is 0 Å². The average Bonchev–Trinajstić information content (AvgIpc) is 2.73. The minimum Gasteiger partial charge on any atom is -0.457 e. The van der Waals surface area contributed by atoms with Crippen LogP contribution in [0.15, 0.2) is 24.3 Å². The summed E-state index contributed by atoms with van der Waals surface area (Å²) in [5, 5.41) is 0.354. The van der Waals surface area contributed by atoms with Gasteiger partial charge in [0.1, 0.15) is 0 Å². The molecule has 0 fully saturated rings. The molecule has 0 unspecified atom stereocenters. The normalized spacial score (nSPS) is 9.94. The molecule has 6 heteroatoms. The van der Waals surface area contributed by atoms with Crippen LogP contribution in [0.5, 0.6) is 0 Å². The van der Waals surface area contributed by atoms with Gasteiger partial charge in [-0.2, -0.15) is 4.79 Å². The van der Waals surface area contributed by atoms with Gasteiger partial charge in [-0.05, 0) is 19.1 Å². The van der Waals surface area contributed by atoms with E-state index in [-0.39, 0.29) is 12.3 Å². The van der Waals surface area contributed by atoms with E-state index in [1.54, 1.807) is 6.92 Å². The van der Waals surface area contributed by atoms with E-state index in [1.165, 1.54) is 11.3 Å². The fourth-order valence-electron chi connectivity index (χ4n) is 1.34. The summed E-state index contributed by atoms with van der Waals surface area (Å²) in [7, 11) is 0. The Morgan fingerprint density at radius 1 is 1.53 bits per heavy atom. The lowest BCUT2D eigenvalue weighted by Crippen LogP contribution is -2.19. The molecular weight excluding hydrogens is 238 g/mol. The number of fused-ring (bicyclic) bond motifs is 1. The van der Waals surface area contributed by atoms with E-state index in [4.69, 9.17) is 10.3 Å². The van der Waals surface area contributed by atoms with Gasteiger partial charge in [0.15, 0.2) is 0 Å². The van der Waals surface area contributed by atoms with Crippen molar-refractivity contribution in [1.82, 2.24) is 4.98 Å². The van der Waals surface area contributed by atoms with Crippen molar-refractivity contribution >= 4 is 33.2 Å². The van der Waals surface area contributed by atoms with Gasteiger partial charge in [0.05, 0.1) is 16.8 Å². The average molecular weight is 247 g/mol. The third-order valence-electron chi connectivity index (χ3n) is 2.07. The van der Waals surface area contributed by atoms with Crippen LogP contribution in [0.1, 0.15) is 11.9 Å². The molecule has 0 atom stereocenters. The second-order valence-electron chi connectivity index (χ2n) is 3.16. The van der Waals surface area contributed by atoms with Crippen molar-refractivity contribution in [3.8, 4) is 0 Å². The number of carbonyl (C=O) groups excluding carboxylic acids is 1. The maximum atomic E-state index is 11.5. The molecule has 0 saturated heterocycles. The third kappa shape index (κ3) is 2.22. The molecule has 1 aromatic carbocycles. The van der Waals surface area contributed by atoms with Crippen molar-refractivity contribution in [3.05, 3.63) is 34.8 Å². The number of hydrogen-bond acceptors (Lipinski definition) is 4. The Balaban J connectivity index is 2.44. The molecular formula is C11H9N3O2S. The summed E-state index contributed by atoms with van der Waals surface area (Å²) in [5.74, 6) is -0.672. The Kier molecular flexibility index (Phi) is 3.27. The number of para-hydroxylation sites is 1. The number of carbonyl (C=O) groups is 1. The van der Waals surface area contributed by atoms with Crippen molar-refractivity contribution in [1.29, 1.82) is 0 Å². The number of esters is 1. The van der Waals surface area contributed by atoms with Crippen LogP contribution in [-0.4, -0.2) is 28.1 Å². The number of hydrogen-bond donors (Lipinski definition) is 0. The first-order valence-electron chi connectivity index (χ1n) is 5.01. The minimum atomic E-state index is -0.672. The summed E-state index contributed by atoms with van der Waals surface area (Å²) < 4.78 is 5.71. The fourth-order valence-corrected chi connectivity index (χ4v) is 2.28. The molecule has 0 amide bonds. The van der Waals surface area contributed by atoms with Gasteiger partial charge in [-0.1, -0.05) is 12.1 Å². The molecule has 86 valence electrons. The summed E-state index contributed by atoms with van der Waals surface area (Å²) in [5.41, 5.74) is 9.46. The molecule has 0 N–H and O–H groups in total. The highest BCUT2D eigenvalue weighted by Crippen LogP contribution is 2.21. The molecule has 0 aliphatic carbocycles. The lowest BCUT2D eigenvalue weighted by molar-refractivity contribution is -0.139. The Morgan fingerprint density at radius 3 is 2.94 bits per heavy atom. The van der Waals surface area contributed by atoms with Crippen molar-refractivity contribution < 1.29 is 14.3 Å². The predicted molar refractivity (Wildman–Crippen MR) is 64.0 cm³/mol. The third-order valence-corrected chi connectivity index (χ3v) is 3.11. The van der Waals surface area contributed by atoms with Gasteiger partial charge in [-0.25, -0.2) is 9.78 Å². The van der Waals surface area contributed by atoms with Gasteiger partial charge < -0.3 is 10.3 Å². The first-order chi connectivity index (χ1) is 8.26. The lowest BCUT2D eigenvalue weighted by Gasteiger charge is -1.93. The Hall–Kier alpha value is -2.04. The molecule has 0 aliphatic rings. The van der Waals surface area contributed by atoms with E-state index < -0.39 is 5.97 Å². The molecule has 0 bridgehead atoms. The van der Waals surface area contributed by atoms with Gasteiger partial charge in [0, 0.05) is 0 Å². The van der Waals surface area contributed by atoms with Crippen molar-refractivity contribution in [2.45, 2.75) is 6.92 Å². The fraction of sp³-hybridized carbons (Fsp3) is 0.182. The molecule has 5 nitrogen and oxygen atoms in total. The quantitative estimate of drug-likeness (QED) is 0.359. The summed E-state index contributed by atoms with van der Waals surface area (Å²) in [6, 6.07) is 7.45. The van der Waals surface area contributed by atoms with Gasteiger partial charge in [-0.3, -0.25) is 0 Å². The zero-order valence-corrected chi connectivity index (χ0v) is 9.90. The Morgan fingerprint density at radius 2 is 2.29 bits per heavy atom.